The van der Waals surface area contributed by atoms with Crippen LogP contribution >= 0.6 is 0 Å². The van der Waals surface area contributed by atoms with Gasteiger partial charge in [0.05, 0.1) is 22.3 Å². The van der Waals surface area contributed by atoms with Gasteiger partial charge in [0, 0.05) is 38.8 Å². The standard InChI is InChI=1S/C45H36N2/c1-28-39-27-30(46-41-18-10-8-16-36(41)37-17-9-11-19-42(37)46)22-25-43(39)47-44(28)38-24-21-29(26-40(38)45(47,2)3)20-23-35-33-14-6-4-12-31(33)32-13-5-7-15-34(32)35/h4-19,21-22,24-27,35H,20,23H2,1-3H3. The van der Waals surface area contributed by atoms with E-state index in [2.05, 4.69) is 163 Å². The fourth-order valence-corrected chi connectivity index (χ4v) is 9.14. The van der Waals surface area contributed by atoms with Crippen molar-refractivity contribution < 1.29 is 0 Å². The molecule has 226 valence electrons. The van der Waals surface area contributed by atoms with E-state index in [0.717, 1.165) is 12.8 Å². The van der Waals surface area contributed by atoms with Gasteiger partial charge in [-0.1, -0.05) is 103 Å². The quantitative estimate of drug-likeness (QED) is 0.189. The average molecular weight is 605 g/mol. The first kappa shape index (κ1) is 26.8. The monoisotopic (exact) mass is 604 g/mol. The van der Waals surface area contributed by atoms with Gasteiger partial charge in [0.2, 0.25) is 0 Å². The van der Waals surface area contributed by atoms with Crippen molar-refractivity contribution in [3.8, 4) is 28.1 Å². The van der Waals surface area contributed by atoms with Crippen molar-refractivity contribution in [3.05, 3.63) is 161 Å². The lowest BCUT2D eigenvalue weighted by Gasteiger charge is -2.25. The van der Waals surface area contributed by atoms with Crippen LogP contribution in [0.15, 0.2) is 133 Å². The van der Waals surface area contributed by atoms with Crippen molar-refractivity contribution in [2.24, 2.45) is 0 Å². The van der Waals surface area contributed by atoms with Crippen molar-refractivity contribution >= 4 is 32.7 Å². The first-order chi connectivity index (χ1) is 23.0. The van der Waals surface area contributed by atoms with Crippen molar-refractivity contribution in [2.75, 3.05) is 0 Å². The summed E-state index contributed by atoms with van der Waals surface area (Å²) in [5, 5.41) is 3.93. The molecule has 0 unspecified atom stereocenters. The number of aryl methyl sites for hydroxylation is 2. The number of aromatic nitrogens is 2. The van der Waals surface area contributed by atoms with E-state index >= 15 is 0 Å². The second-order valence-electron chi connectivity index (χ2n) is 14.1. The molecule has 0 radical (unpaired) electrons. The molecule has 0 amide bonds. The van der Waals surface area contributed by atoms with Gasteiger partial charge in [-0.05, 0) is 103 Å². The molecule has 2 heteroatoms. The number of rotatable bonds is 4. The minimum Gasteiger partial charge on any atom is -0.330 e. The molecule has 0 bridgehead atoms. The Morgan fingerprint density at radius 2 is 1.19 bits per heavy atom. The van der Waals surface area contributed by atoms with Crippen LogP contribution in [0.2, 0.25) is 0 Å². The Morgan fingerprint density at radius 3 is 1.87 bits per heavy atom. The average Bonchev–Trinajstić information content (AvgIpc) is 3.78. The van der Waals surface area contributed by atoms with E-state index in [9.17, 15) is 0 Å². The van der Waals surface area contributed by atoms with Gasteiger partial charge in [0.15, 0.2) is 0 Å². The molecule has 10 rings (SSSR count). The van der Waals surface area contributed by atoms with Crippen molar-refractivity contribution in [2.45, 2.75) is 45.1 Å². The van der Waals surface area contributed by atoms with E-state index in [1.54, 1.807) is 0 Å². The van der Waals surface area contributed by atoms with Crippen LogP contribution < -0.4 is 0 Å². The molecule has 0 N–H and O–H groups in total. The van der Waals surface area contributed by atoms with Crippen LogP contribution in [-0.2, 0) is 12.0 Å². The van der Waals surface area contributed by atoms with Crippen LogP contribution in [0.1, 0.15) is 54.0 Å². The molecule has 0 fully saturated rings. The molecule has 2 aliphatic rings. The minimum absolute atomic E-state index is 0.145. The van der Waals surface area contributed by atoms with Crippen LogP contribution in [0.5, 0.6) is 0 Å². The van der Waals surface area contributed by atoms with E-state index in [1.165, 1.54) is 88.6 Å². The summed E-state index contributed by atoms with van der Waals surface area (Å²) >= 11 is 0. The minimum atomic E-state index is -0.145. The maximum atomic E-state index is 2.60. The third-order valence-corrected chi connectivity index (χ3v) is 11.3. The molecule has 0 atom stereocenters. The van der Waals surface area contributed by atoms with Gasteiger partial charge in [-0.2, -0.15) is 0 Å². The Bertz CT molecular complexity index is 2470. The normalized spacial score (nSPS) is 14.5. The summed E-state index contributed by atoms with van der Waals surface area (Å²) in [4.78, 5) is 0. The highest BCUT2D eigenvalue weighted by atomic mass is 15.1. The van der Waals surface area contributed by atoms with Crippen LogP contribution in [0.25, 0.3) is 60.8 Å². The van der Waals surface area contributed by atoms with E-state index in [0.29, 0.717) is 5.92 Å². The summed E-state index contributed by atoms with van der Waals surface area (Å²) in [6.07, 6.45) is 2.18. The SMILES string of the molecule is Cc1c2n(c3ccc(-n4c5ccccc5c5ccccc54)cc13)C(C)(C)c1cc(CCC3c4ccccc4-c4ccccc43)ccc1-2. The highest BCUT2D eigenvalue weighted by Crippen LogP contribution is 2.51. The zero-order valence-corrected chi connectivity index (χ0v) is 27.1. The van der Waals surface area contributed by atoms with Gasteiger partial charge in [-0.3, -0.25) is 0 Å². The Labute approximate surface area is 275 Å². The Balaban J connectivity index is 1.04. The fourth-order valence-electron chi connectivity index (χ4n) is 9.14. The highest BCUT2D eigenvalue weighted by Gasteiger charge is 2.38. The maximum absolute atomic E-state index is 2.60. The molecular formula is C45H36N2. The van der Waals surface area contributed by atoms with Gasteiger partial charge in [0.25, 0.3) is 0 Å². The first-order valence-electron chi connectivity index (χ1n) is 17.0. The second kappa shape index (κ2) is 9.59. The number of para-hydroxylation sites is 2. The van der Waals surface area contributed by atoms with Gasteiger partial charge in [0.1, 0.15) is 0 Å². The molecule has 6 aromatic carbocycles. The molecule has 8 aromatic rings. The van der Waals surface area contributed by atoms with E-state index in [1.807, 2.05) is 0 Å². The zero-order valence-electron chi connectivity index (χ0n) is 27.1. The van der Waals surface area contributed by atoms with Crippen LogP contribution in [-0.4, -0.2) is 9.13 Å². The molecule has 2 nitrogen and oxygen atoms in total. The molecule has 1 aliphatic heterocycles. The van der Waals surface area contributed by atoms with Gasteiger partial charge < -0.3 is 9.13 Å². The van der Waals surface area contributed by atoms with E-state index in [-0.39, 0.29) is 5.54 Å². The van der Waals surface area contributed by atoms with E-state index < -0.39 is 0 Å². The molecule has 47 heavy (non-hydrogen) atoms. The number of nitrogens with zero attached hydrogens (tertiary/aromatic N) is 2. The number of hydrogen-bond acceptors (Lipinski definition) is 0. The summed E-state index contributed by atoms with van der Waals surface area (Å²) in [5.74, 6) is 0.451. The lowest BCUT2D eigenvalue weighted by Crippen LogP contribution is -2.23. The molecule has 0 saturated heterocycles. The fraction of sp³-hybridized carbons (Fsp3) is 0.156. The van der Waals surface area contributed by atoms with Crippen molar-refractivity contribution in [1.29, 1.82) is 0 Å². The second-order valence-corrected chi connectivity index (χ2v) is 14.1. The summed E-state index contributed by atoms with van der Waals surface area (Å²) in [6.45, 7) is 7.11. The predicted octanol–water partition coefficient (Wildman–Crippen LogP) is 11.6. The summed E-state index contributed by atoms with van der Waals surface area (Å²) in [5.41, 5.74) is 17.6. The van der Waals surface area contributed by atoms with Crippen molar-refractivity contribution in [3.63, 3.8) is 0 Å². The Kier molecular flexibility index (Phi) is 5.48. The molecule has 1 aliphatic carbocycles. The number of fused-ring (bicyclic) bond motifs is 11. The largest absolute Gasteiger partial charge is 0.330 e. The van der Waals surface area contributed by atoms with Gasteiger partial charge in [-0.25, -0.2) is 0 Å². The maximum Gasteiger partial charge on any atom is 0.0653 e. The molecule has 0 saturated carbocycles. The first-order valence-corrected chi connectivity index (χ1v) is 17.0. The Hall–Kier alpha value is -5.34. The molecular weight excluding hydrogens is 569 g/mol. The van der Waals surface area contributed by atoms with Crippen LogP contribution in [0.3, 0.4) is 0 Å². The van der Waals surface area contributed by atoms with Gasteiger partial charge >= 0.3 is 0 Å². The topological polar surface area (TPSA) is 9.86 Å². The summed E-state index contributed by atoms with van der Waals surface area (Å²) in [6, 6.07) is 49.9. The number of hydrogen-bond donors (Lipinski definition) is 0. The lowest BCUT2D eigenvalue weighted by atomic mass is 9.87. The molecule has 3 heterocycles. The summed E-state index contributed by atoms with van der Waals surface area (Å²) in [7, 11) is 0. The number of benzene rings is 6. The van der Waals surface area contributed by atoms with Gasteiger partial charge in [-0.15, -0.1) is 0 Å². The highest BCUT2D eigenvalue weighted by molar-refractivity contribution is 6.09. The molecule has 0 spiro atoms. The molecule has 2 aromatic heterocycles. The lowest BCUT2D eigenvalue weighted by molar-refractivity contribution is 0.475. The van der Waals surface area contributed by atoms with Crippen molar-refractivity contribution in [1.82, 2.24) is 9.13 Å². The Morgan fingerprint density at radius 1 is 0.574 bits per heavy atom. The zero-order chi connectivity index (χ0) is 31.4. The summed E-state index contributed by atoms with van der Waals surface area (Å²) < 4.78 is 5.03. The van der Waals surface area contributed by atoms with Crippen LogP contribution in [0, 0.1) is 6.92 Å². The van der Waals surface area contributed by atoms with Crippen LogP contribution in [0.4, 0.5) is 0 Å². The predicted molar refractivity (Wildman–Crippen MR) is 197 cm³/mol. The third-order valence-electron chi connectivity index (χ3n) is 11.3. The third kappa shape index (κ3) is 3.61. The smallest absolute Gasteiger partial charge is 0.0653 e. The van der Waals surface area contributed by atoms with E-state index in [4.69, 9.17) is 0 Å².